The summed E-state index contributed by atoms with van der Waals surface area (Å²) in [5, 5.41) is 13.8. The van der Waals surface area contributed by atoms with Gasteiger partial charge in [-0.25, -0.2) is 0 Å². The molecule has 2 aromatic rings. The molecule has 0 saturated carbocycles. The van der Waals surface area contributed by atoms with Crippen molar-refractivity contribution in [1.82, 2.24) is 5.32 Å². The van der Waals surface area contributed by atoms with Gasteiger partial charge in [-0.15, -0.1) is 0 Å². The monoisotopic (exact) mass is 239 g/mol. The molecule has 3 heteroatoms. The van der Waals surface area contributed by atoms with Crippen molar-refractivity contribution in [2.45, 2.75) is 11.8 Å². The normalized spacial score (nSPS) is 25.7. The third kappa shape index (κ3) is 1.49. The third-order valence-electron chi connectivity index (χ3n) is 3.38. The van der Waals surface area contributed by atoms with Crippen molar-refractivity contribution < 1.29 is 9.90 Å². The van der Waals surface area contributed by atoms with Crippen molar-refractivity contribution in [3.8, 4) is 0 Å². The largest absolute Gasteiger partial charge is 0.367 e. The van der Waals surface area contributed by atoms with Crippen LogP contribution in [0.3, 0.4) is 0 Å². The Morgan fingerprint density at radius 2 is 1.72 bits per heavy atom. The lowest BCUT2D eigenvalue weighted by molar-refractivity contribution is -0.110. The van der Waals surface area contributed by atoms with Crippen molar-refractivity contribution >= 4 is 6.29 Å². The number of rotatable bonds is 2. The molecule has 3 nitrogen and oxygen atoms in total. The van der Waals surface area contributed by atoms with Gasteiger partial charge in [-0.3, -0.25) is 5.32 Å². The van der Waals surface area contributed by atoms with E-state index in [1.54, 1.807) is 0 Å². The lowest BCUT2D eigenvalue weighted by Crippen LogP contribution is -2.39. The zero-order chi connectivity index (χ0) is 12.6. The molecule has 0 fully saturated rings. The van der Waals surface area contributed by atoms with Crippen LogP contribution in [-0.4, -0.2) is 11.4 Å². The second-order valence-electron chi connectivity index (χ2n) is 4.42. The number of aldehydes is 1. The first-order chi connectivity index (χ1) is 8.75. The Morgan fingerprint density at radius 3 is 2.44 bits per heavy atom. The lowest BCUT2D eigenvalue weighted by atomic mass is 9.94. The van der Waals surface area contributed by atoms with Crippen molar-refractivity contribution in [2.24, 2.45) is 0 Å². The van der Waals surface area contributed by atoms with E-state index in [0.717, 1.165) is 23.0 Å². The molecule has 1 aliphatic rings. The number of benzene rings is 2. The first-order valence-electron chi connectivity index (χ1n) is 5.86. The van der Waals surface area contributed by atoms with Gasteiger partial charge in [0.1, 0.15) is 6.29 Å². The molecule has 0 bridgehead atoms. The van der Waals surface area contributed by atoms with Crippen molar-refractivity contribution in [3.05, 3.63) is 71.3 Å². The number of hydrogen-bond acceptors (Lipinski definition) is 3. The Balaban J connectivity index is 2.18. The second-order valence-corrected chi connectivity index (χ2v) is 4.42. The summed E-state index contributed by atoms with van der Waals surface area (Å²) in [6.07, 6.45) is 0.819. The summed E-state index contributed by atoms with van der Waals surface area (Å²) in [6.45, 7) is 0. The maximum absolute atomic E-state index is 11.1. The molecule has 0 spiro atoms. The van der Waals surface area contributed by atoms with Gasteiger partial charge >= 0.3 is 0 Å². The van der Waals surface area contributed by atoms with Crippen molar-refractivity contribution in [2.75, 3.05) is 0 Å². The second kappa shape index (κ2) is 4.05. The minimum absolute atomic E-state index is 0.466. The van der Waals surface area contributed by atoms with Gasteiger partial charge < -0.3 is 9.90 Å². The highest BCUT2D eigenvalue weighted by atomic mass is 16.3. The summed E-state index contributed by atoms with van der Waals surface area (Å²) in [4.78, 5) is 11.1. The summed E-state index contributed by atoms with van der Waals surface area (Å²) >= 11 is 0. The van der Waals surface area contributed by atoms with E-state index in [2.05, 4.69) is 5.32 Å². The fraction of sp³-hybridized carbons (Fsp3) is 0.133. The van der Waals surface area contributed by atoms with Crippen LogP contribution in [0.1, 0.15) is 22.7 Å². The molecular weight excluding hydrogens is 226 g/mol. The molecule has 3 rings (SSSR count). The van der Waals surface area contributed by atoms with Gasteiger partial charge in [-0.05, 0) is 5.56 Å². The lowest BCUT2D eigenvalue weighted by Gasteiger charge is -2.25. The minimum Gasteiger partial charge on any atom is -0.367 e. The molecule has 18 heavy (non-hydrogen) atoms. The number of carbonyl (C=O) groups excluding carboxylic acids is 1. The molecule has 0 aromatic heterocycles. The molecule has 0 saturated heterocycles. The van der Waals surface area contributed by atoms with E-state index in [1.165, 1.54) is 0 Å². The first-order valence-corrected chi connectivity index (χ1v) is 5.86. The van der Waals surface area contributed by atoms with E-state index in [-0.39, 0.29) is 0 Å². The average molecular weight is 239 g/mol. The smallest absolute Gasteiger partial charge is 0.169 e. The minimum atomic E-state index is -1.29. The number of nitrogens with one attached hydrogen (secondary N) is 1. The van der Waals surface area contributed by atoms with E-state index in [0.29, 0.717) is 0 Å². The number of hydrogen-bond donors (Lipinski definition) is 2. The fourth-order valence-electron chi connectivity index (χ4n) is 2.50. The SMILES string of the molecule is O=CC1NC(O)(c2ccccc2)c2ccccc21. The van der Waals surface area contributed by atoms with E-state index in [9.17, 15) is 9.90 Å². The predicted octanol–water partition coefficient (Wildman–Crippen LogP) is 1.72. The predicted molar refractivity (Wildman–Crippen MR) is 67.8 cm³/mol. The van der Waals surface area contributed by atoms with Crippen LogP contribution in [0.2, 0.25) is 0 Å². The highest BCUT2D eigenvalue weighted by molar-refractivity contribution is 5.66. The average Bonchev–Trinajstić information content (AvgIpc) is 2.75. The van der Waals surface area contributed by atoms with Gasteiger partial charge in [0.15, 0.2) is 5.72 Å². The number of fused-ring (bicyclic) bond motifs is 1. The molecular formula is C15H13NO2. The highest BCUT2D eigenvalue weighted by Gasteiger charge is 2.42. The molecule has 2 aromatic carbocycles. The molecule has 0 amide bonds. The van der Waals surface area contributed by atoms with Gasteiger partial charge in [0, 0.05) is 11.1 Å². The van der Waals surface area contributed by atoms with Crippen LogP contribution in [0, 0.1) is 0 Å². The Hall–Kier alpha value is -1.97. The Morgan fingerprint density at radius 1 is 1.06 bits per heavy atom. The molecule has 90 valence electrons. The molecule has 1 heterocycles. The molecule has 2 unspecified atom stereocenters. The number of carbonyl (C=O) groups is 1. The summed E-state index contributed by atoms with van der Waals surface area (Å²) in [5.74, 6) is 0. The molecule has 0 radical (unpaired) electrons. The zero-order valence-electron chi connectivity index (χ0n) is 9.71. The highest BCUT2D eigenvalue weighted by Crippen LogP contribution is 2.39. The van der Waals surface area contributed by atoms with E-state index in [1.807, 2.05) is 54.6 Å². The maximum Gasteiger partial charge on any atom is 0.169 e. The summed E-state index contributed by atoms with van der Waals surface area (Å²) in [7, 11) is 0. The van der Waals surface area contributed by atoms with Crippen molar-refractivity contribution in [1.29, 1.82) is 0 Å². The molecule has 1 aliphatic heterocycles. The van der Waals surface area contributed by atoms with Crippen LogP contribution >= 0.6 is 0 Å². The molecule has 0 aliphatic carbocycles. The third-order valence-corrected chi connectivity index (χ3v) is 3.38. The molecule has 2 N–H and O–H groups in total. The van der Waals surface area contributed by atoms with E-state index in [4.69, 9.17) is 0 Å². The van der Waals surface area contributed by atoms with Gasteiger partial charge in [0.05, 0.1) is 6.04 Å². The van der Waals surface area contributed by atoms with Crippen LogP contribution in [0.25, 0.3) is 0 Å². The quantitative estimate of drug-likeness (QED) is 0.785. The van der Waals surface area contributed by atoms with E-state index < -0.39 is 11.8 Å². The van der Waals surface area contributed by atoms with Gasteiger partial charge in [-0.1, -0.05) is 54.6 Å². The van der Waals surface area contributed by atoms with Gasteiger partial charge in [-0.2, -0.15) is 0 Å². The van der Waals surface area contributed by atoms with Crippen molar-refractivity contribution in [3.63, 3.8) is 0 Å². The summed E-state index contributed by atoms with van der Waals surface area (Å²) in [6, 6.07) is 16.3. The first kappa shape index (κ1) is 11.1. The van der Waals surface area contributed by atoms with Gasteiger partial charge in [0.25, 0.3) is 0 Å². The fourth-order valence-corrected chi connectivity index (χ4v) is 2.50. The van der Waals surface area contributed by atoms with Crippen LogP contribution in [0.15, 0.2) is 54.6 Å². The summed E-state index contributed by atoms with van der Waals surface area (Å²) < 4.78 is 0. The Labute approximate surface area is 105 Å². The van der Waals surface area contributed by atoms with Gasteiger partial charge in [0.2, 0.25) is 0 Å². The zero-order valence-corrected chi connectivity index (χ0v) is 9.71. The van der Waals surface area contributed by atoms with Crippen LogP contribution < -0.4 is 5.32 Å². The Kier molecular flexibility index (Phi) is 2.51. The number of aliphatic hydroxyl groups is 1. The van der Waals surface area contributed by atoms with Crippen LogP contribution in [0.5, 0.6) is 0 Å². The molecule has 2 atom stereocenters. The van der Waals surface area contributed by atoms with Crippen LogP contribution in [-0.2, 0) is 10.5 Å². The van der Waals surface area contributed by atoms with Crippen LogP contribution in [0.4, 0.5) is 0 Å². The van der Waals surface area contributed by atoms with E-state index >= 15 is 0 Å². The Bertz CT molecular complexity index is 582. The maximum atomic E-state index is 11.1. The summed E-state index contributed by atoms with van der Waals surface area (Å²) in [5.41, 5.74) is 1.03. The standard InChI is InChI=1S/C15H13NO2/c17-10-14-12-8-4-5-9-13(12)15(18,16-14)11-6-2-1-3-7-11/h1-10,14,16,18H. The topological polar surface area (TPSA) is 49.3 Å².